The van der Waals surface area contributed by atoms with Gasteiger partial charge in [0.1, 0.15) is 6.04 Å². The predicted octanol–water partition coefficient (Wildman–Crippen LogP) is 2.00. The highest BCUT2D eigenvalue weighted by atomic mass is 35.5. The van der Waals surface area contributed by atoms with E-state index in [9.17, 15) is 27.9 Å². The van der Waals surface area contributed by atoms with Crippen molar-refractivity contribution in [3.05, 3.63) is 45.1 Å². The van der Waals surface area contributed by atoms with Crippen LogP contribution in [0.15, 0.2) is 35.2 Å². The van der Waals surface area contributed by atoms with Gasteiger partial charge in [-0.15, -0.1) is 11.3 Å². The Morgan fingerprint density at radius 1 is 1.29 bits per heavy atom. The van der Waals surface area contributed by atoms with E-state index in [0.29, 0.717) is 35.0 Å². The van der Waals surface area contributed by atoms with Gasteiger partial charge in [-0.25, -0.2) is 8.42 Å². The van der Waals surface area contributed by atoms with E-state index >= 15 is 0 Å². The second-order valence-electron chi connectivity index (χ2n) is 6.88. The molecular weight excluding hydrogens is 466 g/mol. The molecular formula is C19H20ClN3O6S2. The van der Waals surface area contributed by atoms with Crippen LogP contribution in [0, 0.1) is 6.92 Å². The Morgan fingerprint density at radius 3 is 2.61 bits per heavy atom. The molecule has 9 nitrogen and oxygen atoms in total. The molecule has 1 aromatic carbocycles. The van der Waals surface area contributed by atoms with Crippen molar-refractivity contribution in [1.82, 2.24) is 10.0 Å². The molecule has 0 saturated carbocycles. The van der Waals surface area contributed by atoms with Gasteiger partial charge in [-0.1, -0.05) is 17.7 Å². The van der Waals surface area contributed by atoms with Gasteiger partial charge in [0.15, 0.2) is 0 Å². The molecule has 2 amide bonds. The highest BCUT2D eigenvalue weighted by Gasteiger charge is 2.30. The van der Waals surface area contributed by atoms with E-state index in [4.69, 9.17) is 11.6 Å². The fourth-order valence-electron chi connectivity index (χ4n) is 3.24. The zero-order valence-electron chi connectivity index (χ0n) is 16.4. The third-order valence-corrected chi connectivity index (χ3v) is 7.61. The van der Waals surface area contributed by atoms with Gasteiger partial charge in [-0.2, -0.15) is 4.72 Å². The van der Waals surface area contributed by atoms with Crippen molar-refractivity contribution < 1.29 is 27.9 Å². The van der Waals surface area contributed by atoms with Crippen LogP contribution in [0.2, 0.25) is 4.34 Å². The van der Waals surface area contributed by atoms with E-state index in [1.807, 2.05) is 0 Å². The Hall–Kier alpha value is -2.47. The molecule has 12 heteroatoms. The second-order valence-corrected chi connectivity index (χ2v) is 10.3. The van der Waals surface area contributed by atoms with Crippen LogP contribution in [0.4, 0.5) is 5.69 Å². The Morgan fingerprint density at radius 2 is 2.03 bits per heavy atom. The number of sulfonamides is 1. The molecule has 0 aliphatic carbocycles. The minimum atomic E-state index is -4.25. The average molecular weight is 486 g/mol. The largest absolute Gasteiger partial charge is 0.480 e. The van der Waals surface area contributed by atoms with Gasteiger partial charge in [0.05, 0.1) is 14.1 Å². The topological polar surface area (TPSA) is 133 Å². The fraction of sp³-hybridized carbons (Fsp3) is 0.316. The van der Waals surface area contributed by atoms with E-state index in [2.05, 4.69) is 10.0 Å². The quantitative estimate of drug-likeness (QED) is 0.523. The van der Waals surface area contributed by atoms with E-state index < -0.39 is 34.5 Å². The number of carboxylic acids is 1. The first-order chi connectivity index (χ1) is 14.6. The van der Waals surface area contributed by atoms with E-state index in [0.717, 1.165) is 11.3 Å². The smallest absolute Gasteiger partial charge is 0.323 e. The first kappa shape index (κ1) is 23.2. The third-order valence-electron chi connectivity index (χ3n) is 4.77. The summed E-state index contributed by atoms with van der Waals surface area (Å²) in [5.41, 5.74) is 0.812. The molecule has 1 atom stereocenters. The van der Waals surface area contributed by atoms with Gasteiger partial charge in [0.25, 0.3) is 5.91 Å². The summed E-state index contributed by atoms with van der Waals surface area (Å²) in [7, 11) is -4.25. The zero-order valence-corrected chi connectivity index (χ0v) is 18.8. The van der Waals surface area contributed by atoms with Gasteiger partial charge >= 0.3 is 5.97 Å². The predicted molar refractivity (Wildman–Crippen MR) is 116 cm³/mol. The summed E-state index contributed by atoms with van der Waals surface area (Å²) in [6.45, 7) is 1.59. The number of carbonyl (C=O) groups excluding carboxylic acids is 2. The molecule has 3 N–H and O–H groups in total. The Kier molecular flexibility index (Phi) is 6.99. The molecule has 1 aliphatic rings. The van der Waals surface area contributed by atoms with Crippen LogP contribution in [0.1, 0.15) is 28.1 Å². The normalized spacial score (nSPS) is 15.2. The summed E-state index contributed by atoms with van der Waals surface area (Å²) in [6, 6.07) is 5.91. The lowest BCUT2D eigenvalue weighted by atomic mass is 10.2. The number of nitrogens with one attached hydrogen (secondary N) is 2. The maximum atomic E-state index is 12.9. The number of thiophene rings is 1. The minimum Gasteiger partial charge on any atom is -0.480 e. The first-order valence-corrected chi connectivity index (χ1v) is 12.0. The van der Waals surface area contributed by atoms with Crippen molar-refractivity contribution >= 4 is 56.4 Å². The highest BCUT2D eigenvalue weighted by molar-refractivity contribution is 7.89. The summed E-state index contributed by atoms with van der Waals surface area (Å²) < 4.78 is 28.4. The average Bonchev–Trinajstić information content (AvgIpc) is 3.33. The number of hydrogen-bond acceptors (Lipinski definition) is 6. The summed E-state index contributed by atoms with van der Waals surface area (Å²) in [4.78, 5) is 37.5. The SMILES string of the molecule is Cc1c(N2CCCC2=O)cccc1S(=O)(=O)NC(CNC(=O)c1ccc(Cl)s1)C(=O)O. The molecule has 1 fully saturated rings. The number of aliphatic carboxylic acids is 1. The molecule has 3 rings (SSSR count). The van der Waals surface area contributed by atoms with Crippen LogP contribution in [0.3, 0.4) is 0 Å². The molecule has 1 aliphatic heterocycles. The number of amides is 2. The van der Waals surface area contributed by atoms with Crippen molar-refractivity contribution in [3.63, 3.8) is 0 Å². The summed E-state index contributed by atoms with van der Waals surface area (Å²) >= 11 is 6.80. The van der Waals surface area contributed by atoms with Crippen molar-refractivity contribution in [2.24, 2.45) is 0 Å². The first-order valence-electron chi connectivity index (χ1n) is 9.29. The van der Waals surface area contributed by atoms with Crippen LogP contribution < -0.4 is 14.9 Å². The Bertz CT molecular complexity index is 1130. The molecule has 1 aromatic heterocycles. The van der Waals surface area contributed by atoms with Crippen LogP contribution in [-0.4, -0.2) is 50.4 Å². The van der Waals surface area contributed by atoms with Crippen molar-refractivity contribution in [2.45, 2.75) is 30.7 Å². The maximum Gasteiger partial charge on any atom is 0.323 e. The van der Waals surface area contributed by atoms with Gasteiger partial charge in [-0.05, 0) is 43.2 Å². The molecule has 0 spiro atoms. The molecule has 166 valence electrons. The lowest BCUT2D eigenvalue weighted by Gasteiger charge is -2.21. The second kappa shape index (κ2) is 9.35. The van der Waals surface area contributed by atoms with Crippen LogP contribution in [-0.2, 0) is 19.6 Å². The van der Waals surface area contributed by atoms with Crippen LogP contribution >= 0.6 is 22.9 Å². The minimum absolute atomic E-state index is 0.0922. The van der Waals surface area contributed by atoms with Crippen LogP contribution in [0.5, 0.6) is 0 Å². The number of benzene rings is 1. The number of nitrogens with zero attached hydrogens (tertiary/aromatic N) is 1. The molecule has 1 saturated heterocycles. The van der Waals surface area contributed by atoms with Gasteiger partial charge in [-0.3, -0.25) is 14.4 Å². The number of hydrogen-bond donors (Lipinski definition) is 3. The fourth-order valence-corrected chi connectivity index (χ4v) is 5.65. The van der Waals surface area contributed by atoms with Gasteiger partial charge in [0.2, 0.25) is 15.9 Å². The number of halogens is 1. The van der Waals surface area contributed by atoms with Crippen LogP contribution in [0.25, 0.3) is 0 Å². The van der Waals surface area contributed by atoms with E-state index in [1.54, 1.807) is 13.0 Å². The van der Waals surface area contributed by atoms with Crippen molar-refractivity contribution in [2.75, 3.05) is 18.0 Å². The number of anilines is 1. The Balaban J connectivity index is 1.78. The summed E-state index contributed by atoms with van der Waals surface area (Å²) in [5.74, 6) is -2.10. The lowest BCUT2D eigenvalue weighted by Crippen LogP contribution is -2.48. The van der Waals surface area contributed by atoms with Gasteiger partial charge in [0, 0.05) is 25.2 Å². The van der Waals surface area contributed by atoms with Gasteiger partial charge < -0.3 is 15.3 Å². The van der Waals surface area contributed by atoms with Crippen molar-refractivity contribution in [1.29, 1.82) is 0 Å². The molecule has 2 heterocycles. The van der Waals surface area contributed by atoms with E-state index in [1.165, 1.54) is 29.2 Å². The molecule has 2 aromatic rings. The monoisotopic (exact) mass is 485 g/mol. The summed E-state index contributed by atoms with van der Waals surface area (Å²) in [5, 5.41) is 11.8. The molecule has 31 heavy (non-hydrogen) atoms. The standard InChI is InChI=1S/C19H20ClN3O6S2/c1-11-13(23-9-3-6-17(23)24)4-2-5-15(11)31(28,29)22-12(19(26)27)10-21-18(25)14-7-8-16(20)30-14/h2,4-5,7-8,12,22H,3,6,9-10H2,1H3,(H,21,25)(H,26,27). The zero-order chi connectivity index (χ0) is 22.8. The number of carbonyl (C=O) groups is 3. The highest BCUT2D eigenvalue weighted by Crippen LogP contribution is 2.29. The number of carboxylic acid groups (broad SMARTS) is 1. The molecule has 0 radical (unpaired) electrons. The third kappa shape index (κ3) is 5.24. The van der Waals surface area contributed by atoms with Crippen molar-refractivity contribution in [3.8, 4) is 0 Å². The lowest BCUT2D eigenvalue weighted by molar-refractivity contribution is -0.138. The molecule has 1 unspecified atom stereocenters. The maximum absolute atomic E-state index is 12.9. The van der Waals surface area contributed by atoms with E-state index in [-0.39, 0.29) is 15.7 Å². The number of rotatable bonds is 8. The molecule has 0 bridgehead atoms. The Labute approximate surface area is 188 Å². The summed E-state index contributed by atoms with van der Waals surface area (Å²) in [6.07, 6.45) is 1.08.